The normalized spacial score (nSPS) is 19.9. The molecule has 0 bridgehead atoms. The SMILES string of the molecule is COc1cc(N2CCN3[C@@H](CCC[C@@H]3c3ccc(OCCCc4ccccc4)c(C)c3C)C2)ccc1Cl. The molecule has 2 aliphatic heterocycles. The summed E-state index contributed by atoms with van der Waals surface area (Å²) in [7, 11) is 1.68. The molecule has 0 aliphatic carbocycles. The van der Waals surface area contributed by atoms with E-state index in [1.165, 1.54) is 47.2 Å². The summed E-state index contributed by atoms with van der Waals surface area (Å²) in [6.45, 7) is 8.37. The number of aryl methyl sites for hydroxylation is 1. The van der Waals surface area contributed by atoms with Crippen molar-refractivity contribution in [3.05, 3.63) is 87.9 Å². The lowest BCUT2D eigenvalue weighted by molar-refractivity contribution is 0.0712. The fourth-order valence-corrected chi connectivity index (χ4v) is 6.30. The van der Waals surface area contributed by atoms with Crippen LogP contribution in [0.4, 0.5) is 5.69 Å². The molecule has 0 aromatic heterocycles. The van der Waals surface area contributed by atoms with Gasteiger partial charge in [-0.2, -0.15) is 0 Å². The minimum Gasteiger partial charge on any atom is -0.495 e. The van der Waals surface area contributed by atoms with Gasteiger partial charge in [-0.25, -0.2) is 0 Å². The Morgan fingerprint density at radius 2 is 1.76 bits per heavy atom. The van der Waals surface area contributed by atoms with Gasteiger partial charge in [0.15, 0.2) is 0 Å². The van der Waals surface area contributed by atoms with Gasteiger partial charge in [-0.1, -0.05) is 48.0 Å². The van der Waals surface area contributed by atoms with E-state index >= 15 is 0 Å². The van der Waals surface area contributed by atoms with Crippen molar-refractivity contribution in [1.82, 2.24) is 4.90 Å². The molecule has 3 aromatic rings. The molecule has 5 rings (SSSR count). The Bertz CT molecular complexity index is 1200. The van der Waals surface area contributed by atoms with Crippen molar-refractivity contribution in [1.29, 1.82) is 0 Å². The summed E-state index contributed by atoms with van der Waals surface area (Å²) < 4.78 is 11.7. The number of methoxy groups -OCH3 is 1. The highest BCUT2D eigenvalue weighted by Crippen LogP contribution is 2.40. The van der Waals surface area contributed by atoms with Crippen LogP contribution in [0.5, 0.6) is 11.5 Å². The Labute approximate surface area is 227 Å². The molecule has 2 heterocycles. The van der Waals surface area contributed by atoms with Crippen molar-refractivity contribution in [2.45, 2.75) is 58.0 Å². The molecular formula is C32H39ClN2O2. The summed E-state index contributed by atoms with van der Waals surface area (Å²) >= 11 is 6.27. The average molecular weight is 519 g/mol. The fraction of sp³-hybridized carbons (Fsp3) is 0.438. The maximum atomic E-state index is 6.27. The van der Waals surface area contributed by atoms with E-state index in [4.69, 9.17) is 21.1 Å². The van der Waals surface area contributed by atoms with Crippen molar-refractivity contribution in [2.75, 3.05) is 38.3 Å². The second kappa shape index (κ2) is 11.8. The van der Waals surface area contributed by atoms with Gasteiger partial charge in [-0.05, 0) is 86.4 Å². The second-order valence-corrected chi connectivity index (χ2v) is 10.9. The molecule has 0 radical (unpaired) electrons. The van der Waals surface area contributed by atoms with Gasteiger partial charge in [0, 0.05) is 43.5 Å². The topological polar surface area (TPSA) is 24.9 Å². The Kier molecular flexibility index (Phi) is 8.26. The maximum absolute atomic E-state index is 6.27. The molecule has 37 heavy (non-hydrogen) atoms. The molecule has 0 amide bonds. The van der Waals surface area contributed by atoms with E-state index < -0.39 is 0 Å². The predicted molar refractivity (Wildman–Crippen MR) is 153 cm³/mol. The minimum atomic E-state index is 0.478. The highest BCUT2D eigenvalue weighted by atomic mass is 35.5. The molecule has 196 valence electrons. The zero-order valence-corrected chi connectivity index (χ0v) is 23.1. The first-order valence-corrected chi connectivity index (χ1v) is 14.0. The van der Waals surface area contributed by atoms with Crippen LogP contribution in [0, 0.1) is 13.8 Å². The minimum absolute atomic E-state index is 0.478. The number of halogens is 1. The molecule has 2 saturated heterocycles. The number of hydrogen-bond donors (Lipinski definition) is 0. The van der Waals surface area contributed by atoms with Gasteiger partial charge in [-0.15, -0.1) is 0 Å². The van der Waals surface area contributed by atoms with Gasteiger partial charge < -0.3 is 14.4 Å². The van der Waals surface area contributed by atoms with Crippen molar-refractivity contribution in [3.63, 3.8) is 0 Å². The average Bonchev–Trinajstić information content (AvgIpc) is 2.93. The van der Waals surface area contributed by atoms with Crippen LogP contribution in [0.25, 0.3) is 0 Å². The van der Waals surface area contributed by atoms with Crippen LogP contribution in [0.3, 0.4) is 0 Å². The number of ether oxygens (including phenoxy) is 2. The van der Waals surface area contributed by atoms with Crippen LogP contribution in [0.1, 0.15) is 54.0 Å². The van der Waals surface area contributed by atoms with Crippen molar-refractivity contribution in [3.8, 4) is 11.5 Å². The monoisotopic (exact) mass is 518 g/mol. The lowest BCUT2D eigenvalue weighted by atomic mass is 9.86. The lowest BCUT2D eigenvalue weighted by Crippen LogP contribution is -2.56. The zero-order chi connectivity index (χ0) is 25.8. The number of anilines is 1. The summed E-state index contributed by atoms with van der Waals surface area (Å²) in [5.41, 5.74) is 6.71. The summed E-state index contributed by atoms with van der Waals surface area (Å²) in [5, 5.41) is 0.664. The quantitative estimate of drug-likeness (QED) is 0.290. The van der Waals surface area contributed by atoms with Gasteiger partial charge in [-0.3, -0.25) is 4.90 Å². The van der Waals surface area contributed by atoms with Gasteiger partial charge in [0.2, 0.25) is 0 Å². The van der Waals surface area contributed by atoms with Crippen molar-refractivity contribution >= 4 is 17.3 Å². The standard InChI is InChI=1S/C32H39ClN2O2/c1-23-24(2)31(37-20-8-11-25-9-5-4-6-10-25)17-15-28(23)30-13-7-12-27-22-34(18-19-35(27)30)26-14-16-29(33)32(21-26)36-3/h4-6,9-10,14-17,21,27,30H,7-8,11-13,18-20,22H2,1-3H3/t27-,30+/m0/s1. The summed E-state index contributed by atoms with van der Waals surface area (Å²) in [6, 6.07) is 22.4. The van der Waals surface area contributed by atoms with Gasteiger partial charge in [0.25, 0.3) is 0 Å². The van der Waals surface area contributed by atoms with Gasteiger partial charge in [0.1, 0.15) is 11.5 Å². The van der Waals surface area contributed by atoms with Crippen LogP contribution in [0.15, 0.2) is 60.7 Å². The number of piperidine rings is 1. The molecule has 4 nitrogen and oxygen atoms in total. The molecule has 2 aliphatic rings. The van der Waals surface area contributed by atoms with E-state index in [0.29, 0.717) is 17.1 Å². The molecule has 0 saturated carbocycles. The number of piperazine rings is 1. The summed E-state index contributed by atoms with van der Waals surface area (Å²) in [4.78, 5) is 5.25. The third-order valence-corrected chi connectivity index (χ3v) is 8.60. The molecule has 2 fully saturated rings. The Morgan fingerprint density at radius 1 is 0.919 bits per heavy atom. The molecule has 0 unspecified atom stereocenters. The van der Waals surface area contributed by atoms with Gasteiger partial charge >= 0.3 is 0 Å². The first kappa shape index (κ1) is 25.9. The Morgan fingerprint density at radius 3 is 2.57 bits per heavy atom. The number of nitrogens with zero attached hydrogens (tertiary/aromatic N) is 2. The maximum Gasteiger partial charge on any atom is 0.139 e. The highest BCUT2D eigenvalue weighted by molar-refractivity contribution is 6.32. The Balaban J connectivity index is 1.24. The lowest BCUT2D eigenvalue weighted by Gasteiger charge is -2.49. The first-order chi connectivity index (χ1) is 18.0. The van der Waals surface area contributed by atoms with Crippen LogP contribution >= 0.6 is 11.6 Å². The van der Waals surface area contributed by atoms with E-state index in [0.717, 1.165) is 50.6 Å². The van der Waals surface area contributed by atoms with E-state index in [-0.39, 0.29) is 0 Å². The number of hydrogen-bond acceptors (Lipinski definition) is 4. The van der Waals surface area contributed by atoms with Crippen LogP contribution < -0.4 is 14.4 Å². The van der Waals surface area contributed by atoms with Crippen LogP contribution in [-0.2, 0) is 6.42 Å². The van der Waals surface area contributed by atoms with Gasteiger partial charge in [0.05, 0.1) is 18.7 Å². The van der Waals surface area contributed by atoms with Crippen molar-refractivity contribution < 1.29 is 9.47 Å². The number of benzene rings is 3. The number of fused-ring (bicyclic) bond motifs is 1. The second-order valence-electron chi connectivity index (χ2n) is 10.4. The van der Waals surface area contributed by atoms with E-state index in [9.17, 15) is 0 Å². The van der Waals surface area contributed by atoms with Crippen molar-refractivity contribution in [2.24, 2.45) is 0 Å². The summed E-state index contributed by atoms with van der Waals surface area (Å²) in [6.07, 6.45) is 5.81. The zero-order valence-electron chi connectivity index (χ0n) is 22.4. The third kappa shape index (κ3) is 5.76. The molecule has 0 spiro atoms. The molecule has 0 N–H and O–H groups in total. The van der Waals surface area contributed by atoms with E-state index in [2.05, 4.69) is 78.2 Å². The fourth-order valence-electron chi connectivity index (χ4n) is 6.10. The third-order valence-electron chi connectivity index (χ3n) is 8.29. The molecule has 3 aromatic carbocycles. The summed E-state index contributed by atoms with van der Waals surface area (Å²) in [5.74, 6) is 1.78. The van der Waals surface area contributed by atoms with E-state index in [1.807, 2.05) is 6.07 Å². The van der Waals surface area contributed by atoms with Crippen LogP contribution in [-0.4, -0.2) is 44.3 Å². The van der Waals surface area contributed by atoms with Crippen LogP contribution in [0.2, 0.25) is 5.02 Å². The smallest absolute Gasteiger partial charge is 0.139 e. The molecule has 5 heteroatoms. The number of rotatable bonds is 8. The Hall–Kier alpha value is -2.69. The highest BCUT2D eigenvalue weighted by Gasteiger charge is 2.36. The predicted octanol–water partition coefficient (Wildman–Crippen LogP) is 7.39. The molecule has 2 atom stereocenters. The molecular weight excluding hydrogens is 480 g/mol. The largest absolute Gasteiger partial charge is 0.495 e. The van der Waals surface area contributed by atoms with E-state index in [1.54, 1.807) is 7.11 Å². The first-order valence-electron chi connectivity index (χ1n) is 13.7.